The molecule has 1 aliphatic rings. The summed E-state index contributed by atoms with van der Waals surface area (Å²) in [5.41, 5.74) is 4.21. The Morgan fingerprint density at radius 2 is 1.88 bits per heavy atom. The van der Waals surface area contributed by atoms with Crippen molar-refractivity contribution in [1.82, 2.24) is 0 Å². The van der Waals surface area contributed by atoms with Crippen molar-refractivity contribution in [3.8, 4) is 11.1 Å². The molecule has 17 heavy (non-hydrogen) atoms. The SMILES string of the molecule is C/C=S1\c2cccc(C)c2-c2cccc(Br)c21. The molecule has 0 aliphatic carbocycles. The molecule has 2 heteroatoms. The lowest BCUT2D eigenvalue weighted by Crippen LogP contribution is -1.81. The van der Waals surface area contributed by atoms with Gasteiger partial charge in [-0.25, -0.2) is 0 Å². The van der Waals surface area contributed by atoms with Crippen LogP contribution in [0.15, 0.2) is 50.7 Å². The Balaban J connectivity index is 2.47. The van der Waals surface area contributed by atoms with Gasteiger partial charge in [0.2, 0.25) is 0 Å². The molecule has 0 aromatic heterocycles. The maximum Gasteiger partial charge on any atom is 0.0316 e. The molecule has 0 N–H and O–H groups in total. The largest absolute Gasteiger partial charge is 0.125 e. The van der Waals surface area contributed by atoms with Crippen molar-refractivity contribution < 1.29 is 0 Å². The Kier molecular flexibility index (Phi) is 2.72. The molecule has 0 radical (unpaired) electrons. The van der Waals surface area contributed by atoms with Crippen LogP contribution in [0.2, 0.25) is 0 Å². The molecule has 0 fully saturated rings. The second kappa shape index (κ2) is 4.11. The van der Waals surface area contributed by atoms with Gasteiger partial charge in [-0.3, -0.25) is 0 Å². The molecule has 1 atom stereocenters. The lowest BCUT2D eigenvalue weighted by atomic mass is 10.0. The minimum atomic E-state index is 0.122. The van der Waals surface area contributed by atoms with Crippen molar-refractivity contribution in [1.29, 1.82) is 0 Å². The number of rotatable bonds is 0. The van der Waals surface area contributed by atoms with Crippen LogP contribution in [-0.2, 0) is 0 Å². The number of hydrogen-bond donors (Lipinski definition) is 0. The van der Waals surface area contributed by atoms with Crippen molar-refractivity contribution in [2.45, 2.75) is 23.6 Å². The van der Waals surface area contributed by atoms with Gasteiger partial charge < -0.3 is 0 Å². The molecular formula is C15H13BrS. The zero-order valence-corrected chi connectivity index (χ0v) is 12.2. The van der Waals surface area contributed by atoms with Gasteiger partial charge in [-0.1, -0.05) is 29.6 Å². The molecule has 0 spiro atoms. The van der Waals surface area contributed by atoms with Crippen molar-refractivity contribution in [3.05, 3.63) is 46.4 Å². The fourth-order valence-corrected chi connectivity index (χ4v) is 5.45. The van der Waals surface area contributed by atoms with Gasteiger partial charge in [0, 0.05) is 14.3 Å². The maximum atomic E-state index is 3.70. The molecule has 0 bridgehead atoms. The average molecular weight is 305 g/mol. The summed E-state index contributed by atoms with van der Waals surface area (Å²) in [6, 6.07) is 13.1. The highest BCUT2D eigenvalue weighted by atomic mass is 79.9. The highest BCUT2D eigenvalue weighted by molar-refractivity contribution is 9.10. The van der Waals surface area contributed by atoms with E-state index in [-0.39, 0.29) is 10.5 Å². The Hall–Kier alpha value is -0.860. The third-order valence-electron chi connectivity index (χ3n) is 3.16. The second-order valence-electron chi connectivity index (χ2n) is 4.14. The van der Waals surface area contributed by atoms with E-state index in [4.69, 9.17) is 0 Å². The Bertz CT molecular complexity index is 641. The van der Waals surface area contributed by atoms with Crippen LogP contribution in [0.3, 0.4) is 0 Å². The van der Waals surface area contributed by atoms with E-state index >= 15 is 0 Å². The quantitative estimate of drug-likeness (QED) is 0.498. The van der Waals surface area contributed by atoms with E-state index in [0.29, 0.717) is 0 Å². The van der Waals surface area contributed by atoms with Crippen molar-refractivity contribution in [2.24, 2.45) is 0 Å². The zero-order valence-electron chi connectivity index (χ0n) is 9.83. The molecule has 86 valence electrons. The molecule has 2 aromatic carbocycles. The summed E-state index contributed by atoms with van der Waals surface area (Å²) in [6.45, 7) is 4.36. The highest BCUT2D eigenvalue weighted by Crippen LogP contribution is 2.55. The molecule has 0 saturated heterocycles. The number of hydrogen-bond acceptors (Lipinski definition) is 0. The van der Waals surface area contributed by atoms with Crippen LogP contribution in [-0.4, -0.2) is 5.37 Å². The molecule has 0 amide bonds. The summed E-state index contributed by atoms with van der Waals surface area (Å²) >= 11 is 3.70. The molecule has 1 heterocycles. The number of benzene rings is 2. The van der Waals surface area contributed by atoms with E-state index in [1.54, 1.807) is 0 Å². The van der Waals surface area contributed by atoms with Gasteiger partial charge >= 0.3 is 0 Å². The van der Waals surface area contributed by atoms with Crippen LogP contribution in [0.25, 0.3) is 11.1 Å². The lowest BCUT2D eigenvalue weighted by Gasteiger charge is -2.05. The Morgan fingerprint density at radius 1 is 1.12 bits per heavy atom. The second-order valence-corrected chi connectivity index (χ2v) is 6.99. The van der Waals surface area contributed by atoms with Crippen LogP contribution in [0, 0.1) is 6.92 Å². The monoisotopic (exact) mass is 304 g/mol. The topological polar surface area (TPSA) is 0 Å². The number of fused-ring (bicyclic) bond motifs is 3. The minimum Gasteiger partial charge on any atom is -0.125 e. The molecule has 1 aliphatic heterocycles. The predicted octanol–water partition coefficient (Wildman–Crippen LogP) is 5.25. The third-order valence-corrected chi connectivity index (χ3v) is 6.25. The van der Waals surface area contributed by atoms with E-state index in [2.05, 4.69) is 71.5 Å². The molecule has 0 nitrogen and oxygen atoms in total. The maximum absolute atomic E-state index is 3.70. The fourth-order valence-electron chi connectivity index (χ4n) is 2.45. The number of halogens is 1. The minimum absolute atomic E-state index is 0.122. The van der Waals surface area contributed by atoms with E-state index in [0.717, 1.165) is 0 Å². The molecule has 0 saturated carbocycles. The van der Waals surface area contributed by atoms with Crippen LogP contribution in [0.4, 0.5) is 0 Å². The first kappa shape index (κ1) is 11.2. The van der Waals surface area contributed by atoms with Crippen LogP contribution < -0.4 is 0 Å². The van der Waals surface area contributed by atoms with Gasteiger partial charge in [0.05, 0.1) is 0 Å². The highest BCUT2D eigenvalue weighted by Gasteiger charge is 2.24. The summed E-state index contributed by atoms with van der Waals surface area (Å²) in [6.07, 6.45) is 0. The van der Waals surface area contributed by atoms with Gasteiger partial charge in [-0.15, -0.1) is 10.5 Å². The van der Waals surface area contributed by atoms with Crippen LogP contribution in [0.5, 0.6) is 0 Å². The smallest absolute Gasteiger partial charge is 0.0316 e. The zero-order chi connectivity index (χ0) is 12.0. The first-order chi connectivity index (χ1) is 8.24. The Labute approximate surface area is 113 Å². The van der Waals surface area contributed by atoms with Crippen molar-refractivity contribution in [2.75, 3.05) is 0 Å². The summed E-state index contributed by atoms with van der Waals surface area (Å²) < 4.78 is 1.23. The first-order valence-electron chi connectivity index (χ1n) is 5.65. The standard InChI is InChI=1S/C15H13BrS/c1-3-17-13-9-4-6-10(2)14(13)11-7-5-8-12(16)15(11)17/h3-9H,1-2H3. The predicted molar refractivity (Wildman–Crippen MR) is 80.2 cm³/mol. The van der Waals surface area contributed by atoms with Crippen LogP contribution >= 0.6 is 26.4 Å². The summed E-state index contributed by atoms with van der Waals surface area (Å²) in [5, 5.41) is 2.31. The Morgan fingerprint density at radius 3 is 2.65 bits per heavy atom. The normalized spacial score (nSPS) is 17.0. The van der Waals surface area contributed by atoms with E-state index in [9.17, 15) is 0 Å². The summed E-state index contributed by atoms with van der Waals surface area (Å²) in [7, 11) is 0.122. The number of aryl methyl sites for hydroxylation is 1. The van der Waals surface area contributed by atoms with Gasteiger partial charge in [0.1, 0.15) is 0 Å². The van der Waals surface area contributed by atoms with Crippen molar-refractivity contribution in [3.63, 3.8) is 0 Å². The van der Waals surface area contributed by atoms with Gasteiger partial charge in [-0.2, -0.15) is 0 Å². The first-order valence-corrected chi connectivity index (χ1v) is 7.73. The van der Waals surface area contributed by atoms with Gasteiger partial charge in [0.15, 0.2) is 0 Å². The fraction of sp³-hybridized carbons (Fsp3) is 0.133. The van der Waals surface area contributed by atoms with Crippen molar-refractivity contribution >= 4 is 31.8 Å². The molecule has 1 unspecified atom stereocenters. The van der Waals surface area contributed by atoms with Crippen LogP contribution in [0.1, 0.15) is 12.5 Å². The third kappa shape index (κ3) is 1.54. The van der Waals surface area contributed by atoms with E-state index in [1.165, 1.54) is 31.0 Å². The molecular weight excluding hydrogens is 292 g/mol. The van der Waals surface area contributed by atoms with Gasteiger partial charge in [-0.05, 0) is 58.6 Å². The summed E-state index contributed by atoms with van der Waals surface area (Å²) in [4.78, 5) is 2.91. The molecule has 2 aromatic rings. The van der Waals surface area contributed by atoms with E-state index < -0.39 is 0 Å². The summed E-state index contributed by atoms with van der Waals surface area (Å²) in [5.74, 6) is 0. The van der Waals surface area contributed by atoms with Gasteiger partial charge in [0.25, 0.3) is 0 Å². The molecule has 3 rings (SSSR count). The average Bonchev–Trinajstić information content (AvgIpc) is 2.65. The van der Waals surface area contributed by atoms with E-state index in [1.807, 2.05) is 0 Å². The lowest BCUT2D eigenvalue weighted by molar-refractivity contribution is 1.35.